The summed E-state index contributed by atoms with van der Waals surface area (Å²) in [6.45, 7) is 5.07. The maximum atomic E-state index is 13.1. The van der Waals surface area contributed by atoms with E-state index >= 15 is 0 Å². The third-order valence-corrected chi connectivity index (χ3v) is 5.89. The summed E-state index contributed by atoms with van der Waals surface area (Å²) in [6.07, 6.45) is 0. The molecule has 3 heteroatoms. The third-order valence-electron chi connectivity index (χ3n) is 5.89. The van der Waals surface area contributed by atoms with Crippen LogP contribution in [-0.2, 0) is 6.54 Å². The van der Waals surface area contributed by atoms with Crippen LogP contribution in [0.15, 0.2) is 72.8 Å². The summed E-state index contributed by atoms with van der Waals surface area (Å²) < 4.78 is 13.1. The largest absolute Gasteiger partial charge is 0.297 e. The molecule has 2 aliphatic rings. The van der Waals surface area contributed by atoms with Crippen molar-refractivity contribution in [1.29, 1.82) is 0 Å². The lowest BCUT2D eigenvalue weighted by Gasteiger charge is -2.38. The molecule has 5 rings (SSSR count). The van der Waals surface area contributed by atoms with E-state index in [-0.39, 0.29) is 5.82 Å². The molecular formula is C24H23FN2. The van der Waals surface area contributed by atoms with E-state index in [1.807, 2.05) is 12.1 Å². The smallest absolute Gasteiger partial charge is 0.123 e. The maximum absolute atomic E-state index is 13.1. The summed E-state index contributed by atoms with van der Waals surface area (Å²) in [7, 11) is 0. The van der Waals surface area contributed by atoms with Gasteiger partial charge in [-0.1, -0.05) is 60.7 Å². The minimum absolute atomic E-state index is 0.165. The molecule has 0 aromatic heterocycles. The van der Waals surface area contributed by atoms with E-state index in [0.717, 1.165) is 32.7 Å². The molecule has 0 bridgehead atoms. The van der Waals surface area contributed by atoms with E-state index in [1.54, 1.807) is 12.1 Å². The first-order chi connectivity index (χ1) is 13.3. The second-order valence-electron chi connectivity index (χ2n) is 7.52. The molecule has 136 valence electrons. The minimum atomic E-state index is -0.165. The Balaban J connectivity index is 1.33. The standard InChI is InChI=1S/C24H23FN2/c25-19-11-9-18(10-12-19)17-26-13-15-27(16-14-26)24-22-7-3-1-5-20(22)21-6-2-4-8-23(21)24/h1-12,24H,13-17H2. The highest BCUT2D eigenvalue weighted by atomic mass is 19.1. The zero-order valence-corrected chi connectivity index (χ0v) is 15.3. The predicted molar refractivity (Wildman–Crippen MR) is 107 cm³/mol. The molecule has 2 nitrogen and oxygen atoms in total. The van der Waals surface area contributed by atoms with Crippen LogP contribution in [0.25, 0.3) is 11.1 Å². The van der Waals surface area contributed by atoms with Crippen LogP contribution >= 0.6 is 0 Å². The Bertz CT molecular complexity index is 897. The summed E-state index contributed by atoms with van der Waals surface area (Å²) in [5.74, 6) is -0.165. The lowest BCUT2D eigenvalue weighted by Crippen LogP contribution is -2.47. The number of halogens is 1. The van der Waals surface area contributed by atoms with Crippen molar-refractivity contribution in [3.8, 4) is 11.1 Å². The lowest BCUT2D eigenvalue weighted by atomic mass is 10.0. The van der Waals surface area contributed by atoms with Crippen LogP contribution in [0.4, 0.5) is 4.39 Å². The van der Waals surface area contributed by atoms with Crippen LogP contribution in [0, 0.1) is 5.82 Å². The molecule has 0 amide bonds. The van der Waals surface area contributed by atoms with E-state index in [2.05, 4.69) is 58.3 Å². The molecule has 0 N–H and O–H groups in total. The summed E-state index contributed by atoms with van der Waals surface area (Å²) in [6, 6.07) is 24.9. The summed E-state index contributed by atoms with van der Waals surface area (Å²) in [5, 5.41) is 0. The number of nitrogens with zero attached hydrogens (tertiary/aromatic N) is 2. The average molecular weight is 358 g/mol. The highest BCUT2D eigenvalue weighted by Gasteiger charge is 2.33. The molecule has 1 heterocycles. The summed E-state index contributed by atoms with van der Waals surface area (Å²) in [5.41, 5.74) is 6.82. The van der Waals surface area contributed by atoms with Crippen LogP contribution in [0.2, 0.25) is 0 Å². The molecule has 0 radical (unpaired) electrons. The van der Waals surface area contributed by atoms with Crippen LogP contribution in [0.5, 0.6) is 0 Å². The summed E-state index contributed by atoms with van der Waals surface area (Å²) in [4.78, 5) is 5.09. The number of benzene rings is 3. The van der Waals surface area contributed by atoms with E-state index in [1.165, 1.54) is 27.8 Å². The molecule has 0 atom stereocenters. The van der Waals surface area contributed by atoms with Gasteiger partial charge in [0.05, 0.1) is 6.04 Å². The van der Waals surface area contributed by atoms with E-state index in [4.69, 9.17) is 0 Å². The van der Waals surface area contributed by atoms with Crippen LogP contribution in [0.1, 0.15) is 22.7 Å². The monoisotopic (exact) mass is 358 g/mol. The van der Waals surface area contributed by atoms with Gasteiger partial charge in [-0.3, -0.25) is 9.80 Å². The number of hydrogen-bond acceptors (Lipinski definition) is 2. The Morgan fingerprint density at radius 3 is 1.85 bits per heavy atom. The van der Waals surface area contributed by atoms with Crippen molar-refractivity contribution in [2.75, 3.05) is 26.2 Å². The quantitative estimate of drug-likeness (QED) is 0.669. The van der Waals surface area contributed by atoms with Crippen molar-refractivity contribution in [2.45, 2.75) is 12.6 Å². The van der Waals surface area contributed by atoms with Gasteiger partial charge < -0.3 is 0 Å². The first-order valence-corrected chi connectivity index (χ1v) is 9.69. The molecule has 1 aliphatic heterocycles. The van der Waals surface area contributed by atoms with Gasteiger partial charge in [0, 0.05) is 32.7 Å². The molecule has 1 fully saturated rings. The molecular weight excluding hydrogens is 335 g/mol. The van der Waals surface area contributed by atoms with Gasteiger partial charge in [0.15, 0.2) is 0 Å². The number of rotatable bonds is 3. The SMILES string of the molecule is Fc1ccc(CN2CCN(C3c4ccccc4-c4ccccc43)CC2)cc1. The van der Waals surface area contributed by atoms with Crippen LogP contribution in [-0.4, -0.2) is 36.0 Å². The zero-order chi connectivity index (χ0) is 18.2. The fourth-order valence-electron chi connectivity index (χ4n) is 4.55. The first-order valence-electron chi connectivity index (χ1n) is 9.69. The van der Waals surface area contributed by atoms with E-state index in [9.17, 15) is 4.39 Å². The molecule has 0 unspecified atom stereocenters. The Kier molecular flexibility index (Phi) is 4.27. The maximum Gasteiger partial charge on any atom is 0.123 e. The number of piperazine rings is 1. The Hall–Kier alpha value is -2.49. The van der Waals surface area contributed by atoms with E-state index in [0.29, 0.717) is 6.04 Å². The Morgan fingerprint density at radius 2 is 1.26 bits per heavy atom. The van der Waals surface area contributed by atoms with Crippen molar-refractivity contribution >= 4 is 0 Å². The van der Waals surface area contributed by atoms with Gasteiger partial charge in [-0.05, 0) is 39.9 Å². The molecule has 3 aromatic rings. The fourth-order valence-corrected chi connectivity index (χ4v) is 4.55. The summed E-state index contributed by atoms with van der Waals surface area (Å²) >= 11 is 0. The lowest BCUT2D eigenvalue weighted by molar-refractivity contribution is 0.106. The second-order valence-corrected chi connectivity index (χ2v) is 7.52. The van der Waals surface area contributed by atoms with Gasteiger partial charge in [0.1, 0.15) is 5.82 Å². The highest BCUT2D eigenvalue weighted by molar-refractivity contribution is 5.78. The third kappa shape index (κ3) is 3.07. The normalized spacial score (nSPS) is 17.7. The van der Waals surface area contributed by atoms with Crippen molar-refractivity contribution < 1.29 is 4.39 Å². The van der Waals surface area contributed by atoms with Gasteiger partial charge in [-0.15, -0.1) is 0 Å². The number of fused-ring (bicyclic) bond motifs is 3. The molecule has 1 aliphatic carbocycles. The zero-order valence-electron chi connectivity index (χ0n) is 15.3. The van der Waals surface area contributed by atoms with Crippen LogP contribution < -0.4 is 0 Å². The predicted octanol–water partition coefficient (Wildman–Crippen LogP) is 4.71. The second kappa shape index (κ2) is 6.91. The molecule has 3 aromatic carbocycles. The van der Waals surface area contributed by atoms with E-state index < -0.39 is 0 Å². The van der Waals surface area contributed by atoms with Crippen molar-refractivity contribution in [1.82, 2.24) is 9.80 Å². The molecule has 0 saturated carbocycles. The fraction of sp³-hybridized carbons (Fsp3) is 0.250. The molecule has 0 spiro atoms. The van der Waals surface area contributed by atoms with Crippen LogP contribution in [0.3, 0.4) is 0 Å². The minimum Gasteiger partial charge on any atom is -0.297 e. The topological polar surface area (TPSA) is 6.48 Å². The van der Waals surface area contributed by atoms with Crippen molar-refractivity contribution in [3.63, 3.8) is 0 Å². The Morgan fingerprint density at radius 1 is 0.704 bits per heavy atom. The van der Waals surface area contributed by atoms with Gasteiger partial charge in [0.25, 0.3) is 0 Å². The highest BCUT2D eigenvalue weighted by Crippen LogP contribution is 2.46. The first kappa shape index (κ1) is 16.7. The van der Waals surface area contributed by atoms with Crippen molar-refractivity contribution in [2.24, 2.45) is 0 Å². The van der Waals surface area contributed by atoms with Gasteiger partial charge in [0.2, 0.25) is 0 Å². The molecule has 27 heavy (non-hydrogen) atoms. The molecule has 1 saturated heterocycles. The van der Waals surface area contributed by atoms with Gasteiger partial charge >= 0.3 is 0 Å². The van der Waals surface area contributed by atoms with Crippen molar-refractivity contribution in [3.05, 3.63) is 95.3 Å². The van der Waals surface area contributed by atoms with Gasteiger partial charge in [-0.2, -0.15) is 0 Å². The number of hydrogen-bond donors (Lipinski definition) is 0. The van der Waals surface area contributed by atoms with Gasteiger partial charge in [-0.25, -0.2) is 4.39 Å². The average Bonchev–Trinajstić information content (AvgIpc) is 3.05. The Labute approximate surface area is 159 Å².